The molecule has 0 atom stereocenters. The first-order valence-corrected chi connectivity index (χ1v) is 8.41. The molecule has 0 aliphatic heterocycles. The van der Waals surface area contributed by atoms with Gasteiger partial charge in [0.25, 0.3) is 0 Å². The molecular weight excluding hydrogens is 284 g/mol. The Morgan fingerprint density at radius 2 is 1.27 bits per heavy atom. The average Bonchev–Trinajstić information content (AvgIpc) is 2.55. The van der Waals surface area contributed by atoms with E-state index in [-0.39, 0.29) is 30.0 Å². The van der Waals surface area contributed by atoms with E-state index in [1.54, 1.807) is 6.92 Å². The lowest BCUT2D eigenvalue weighted by Gasteiger charge is -2.29. The van der Waals surface area contributed by atoms with E-state index in [1.165, 1.54) is 7.11 Å². The second kappa shape index (κ2) is 8.63. The van der Waals surface area contributed by atoms with E-state index >= 15 is 0 Å². The van der Waals surface area contributed by atoms with Gasteiger partial charge in [0.1, 0.15) is 12.6 Å². The highest BCUT2D eigenvalue weighted by molar-refractivity contribution is 5.78. The van der Waals surface area contributed by atoms with Crippen LogP contribution in [0.2, 0.25) is 0 Å². The van der Waals surface area contributed by atoms with Crippen molar-refractivity contribution in [2.45, 2.75) is 70.5 Å². The average molecular weight is 312 g/mol. The van der Waals surface area contributed by atoms with Crippen LogP contribution >= 0.6 is 0 Å². The van der Waals surface area contributed by atoms with Crippen molar-refractivity contribution in [2.75, 3.05) is 13.9 Å². The number of ether oxygens (including phenoxy) is 3. The second-order valence-electron chi connectivity index (χ2n) is 6.53. The summed E-state index contributed by atoms with van der Waals surface area (Å²) >= 11 is 0. The third-order valence-corrected chi connectivity index (χ3v) is 5.07. The molecule has 2 rings (SSSR count). The summed E-state index contributed by atoms with van der Waals surface area (Å²) in [6.07, 6.45) is 7.62. The summed E-state index contributed by atoms with van der Waals surface area (Å²) in [6, 6.07) is 0. The van der Waals surface area contributed by atoms with Crippen LogP contribution in [-0.4, -0.2) is 37.9 Å². The van der Waals surface area contributed by atoms with Crippen molar-refractivity contribution < 1.29 is 23.8 Å². The van der Waals surface area contributed by atoms with E-state index < -0.39 is 0 Å². The van der Waals surface area contributed by atoms with Gasteiger partial charge in [-0.3, -0.25) is 9.59 Å². The summed E-state index contributed by atoms with van der Waals surface area (Å²) in [5.74, 6) is 0.469. The van der Waals surface area contributed by atoms with Crippen molar-refractivity contribution in [2.24, 2.45) is 11.8 Å². The van der Waals surface area contributed by atoms with E-state index in [0.717, 1.165) is 51.4 Å². The lowest BCUT2D eigenvalue weighted by atomic mass is 9.85. The number of carbonyl (C=O) groups excluding carboxylic acids is 2. The first-order chi connectivity index (χ1) is 10.6. The van der Waals surface area contributed by atoms with Gasteiger partial charge in [0.05, 0.1) is 25.2 Å². The molecule has 2 aliphatic carbocycles. The van der Waals surface area contributed by atoms with Crippen molar-refractivity contribution in [1.82, 2.24) is 0 Å². The summed E-state index contributed by atoms with van der Waals surface area (Å²) in [5, 5.41) is 0. The fourth-order valence-corrected chi connectivity index (χ4v) is 3.50. The Hall–Kier alpha value is -0.940. The number of carbonyl (C=O) groups is 2. The molecule has 0 aromatic heterocycles. The molecule has 0 saturated heterocycles. The Balaban J connectivity index is 1.57. The number of rotatable bonds is 6. The van der Waals surface area contributed by atoms with Crippen molar-refractivity contribution in [3.63, 3.8) is 0 Å². The van der Waals surface area contributed by atoms with Gasteiger partial charge in [-0.25, -0.2) is 0 Å². The number of hydrogen-bond donors (Lipinski definition) is 0. The van der Waals surface area contributed by atoms with Gasteiger partial charge in [0.15, 0.2) is 0 Å². The van der Waals surface area contributed by atoms with Crippen LogP contribution in [-0.2, 0) is 23.8 Å². The minimum Gasteiger partial charge on any atom is -0.469 e. The van der Waals surface area contributed by atoms with Gasteiger partial charge >= 0.3 is 5.97 Å². The minimum absolute atomic E-state index is 0.0348. The molecule has 0 spiro atoms. The number of esters is 1. The van der Waals surface area contributed by atoms with E-state index in [1.807, 2.05) is 0 Å². The van der Waals surface area contributed by atoms with Crippen LogP contribution in [0.5, 0.6) is 0 Å². The van der Waals surface area contributed by atoms with Gasteiger partial charge in [-0.15, -0.1) is 0 Å². The van der Waals surface area contributed by atoms with Crippen LogP contribution in [0.4, 0.5) is 0 Å². The minimum atomic E-state index is -0.100. The highest BCUT2D eigenvalue weighted by Crippen LogP contribution is 2.29. The standard InChI is InChI=1S/C17H28O5/c1-12(18)13-3-7-15(8-4-13)21-11-22-16-9-5-14(6-10-16)17(19)20-2/h13-16H,3-11H2,1-2H3. The summed E-state index contributed by atoms with van der Waals surface area (Å²) in [4.78, 5) is 22.8. The molecule has 2 aliphatic rings. The Bertz CT molecular complexity index is 365. The monoisotopic (exact) mass is 312 g/mol. The molecule has 0 N–H and O–H groups in total. The van der Waals surface area contributed by atoms with Crippen LogP contribution in [0.25, 0.3) is 0 Å². The maximum atomic E-state index is 11.5. The fourth-order valence-electron chi connectivity index (χ4n) is 3.50. The number of methoxy groups -OCH3 is 1. The third-order valence-electron chi connectivity index (χ3n) is 5.07. The van der Waals surface area contributed by atoms with E-state index in [4.69, 9.17) is 14.2 Å². The van der Waals surface area contributed by atoms with Crippen LogP contribution in [0.15, 0.2) is 0 Å². The second-order valence-corrected chi connectivity index (χ2v) is 6.53. The van der Waals surface area contributed by atoms with Crippen molar-refractivity contribution >= 4 is 11.8 Å². The fraction of sp³-hybridized carbons (Fsp3) is 0.882. The molecule has 5 heteroatoms. The predicted octanol–water partition coefficient (Wildman–Crippen LogP) is 2.86. The van der Waals surface area contributed by atoms with Gasteiger partial charge < -0.3 is 14.2 Å². The Morgan fingerprint density at radius 3 is 1.68 bits per heavy atom. The van der Waals surface area contributed by atoms with Crippen LogP contribution in [0.1, 0.15) is 58.3 Å². The van der Waals surface area contributed by atoms with Crippen molar-refractivity contribution in [1.29, 1.82) is 0 Å². The quantitative estimate of drug-likeness (QED) is 0.557. The number of hydrogen-bond acceptors (Lipinski definition) is 5. The first kappa shape index (κ1) is 17.4. The molecule has 2 saturated carbocycles. The molecule has 22 heavy (non-hydrogen) atoms. The lowest BCUT2D eigenvalue weighted by Crippen LogP contribution is -2.29. The summed E-state index contributed by atoms with van der Waals surface area (Å²) in [5.41, 5.74) is 0. The molecule has 0 unspecified atom stereocenters. The molecule has 0 aromatic rings. The predicted molar refractivity (Wildman–Crippen MR) is 81.2 cm³/mol. The first-order valence-electron chi connectivity index (χ1n) is 8.41. The molecule has 0 bridgehead atoms. The van der Waals surface area contributed by atoms with Gasteiger partial charge in [-0.05, 0) is 58.3 Å². The zero-order valence-corrected chi connectivity index (χ0v) is 13.7. The molecule has 0 radical (unpaired) electrons. The highest BCUT2D eigenvalue weighted by Gasteiger charge is 2.28. The topological polar surface area (TPSA) is 61.8 Å². The highest BCUT2D eigenvalue weighted by atomic mass is 16.7. The molecule has 0 aromatic carbocycles. The zero-order chi connectivity index (χ0) is 15.9. The van der Waals surface area contributed by atoms with Crippen molar-refractivity contribution in [3.05, 3.63) is 0 Å². The summed E-state index contributed by atoms with van der Waals surface area (Å²) < 4.78 is 16.3. The van der Waals surface area contributed by atoms with Gasteiger partial charge in [-0.1, -0.05) is 0 Å². The largest absolute Gasteiger partial charge is 0.469 e. The SMILES string of the molecule is COC(=O)C1CCC(OCOC2CCC(C(C)=O)CC2)CC1. The van der Waals surface area contributed by atoms with E-state index in [9.17, 15) is 9.59 Å². The molecule has 0 heterocycles. The van der Waals surface area contributed by atoms with Crippen LogP contribution < -0.4 is 0 Å². The van der Waals surface area contributed by atoms with Gasteiger partial charge in [0.2, 0.25) is 0 Å². The Kier molecular flexibility index (Phi) is 6.83. The van der Waals surface area contributed by atoms with Gasteiger partial charge in [-0.2, -0.15) is 0 Å². The zero-order valence-electron chi connectivity index (χ0n) is 13.7. The normalized spacial score (nSPS) is 32.5. The smallest absolute Gasteiger partial charge is 0.308 e. The lowest BCUT2D eigenvalue weighted by molar-refractivity contribution is -0.152. The maximum absolute atomic E-state index is 11.5. The van der Waals surface area contributed by atoms with Crippen molar-refractivity contribution in [3.8, 4) is 0 Å². The summed E-state index contributed by atoms with van der Waals surface area (Å²) in [6.45, 7) is 2.00. The molecule has 126 valence electrons. The molecule has 5 nitrogen and oxygen atoms in total. The van der Waals surface area contributed by atoms with E-state index in [0.29, 0.717) is 12.6 Å². The Morgan fingerprint density at radius 1 is 0.818 bits per heavy atom. The maximum Gasteiger partial charge on any atom is 0.308 e. The number of Topliss-reactive ketones (excluding diaryl/α,β-unsaturated/α-hetero) is 1. The van der Waals surface area contributed by atoms with Crippen LogP contribution in [0, 0.1) is 11.8 Å². The molecule has 0 amide bonds. The van der Waals surface area contributed by atoms with Gasteiger partial charge in [0, 0.05) is 5.92 Å². The van der Waals surface area contributed by atoms with E-state index in [2.05, 4.69) is 0 Å². The Labute approximate surface area is 132 Å². The molecule has 2 fully saturated rings. The van der Waals surface area contributed by atoms with Crippen LogP contribution in [0.3, 0.4) is 0 Å². The summed E-state index contributed by atoms with van der Waals surface area (Å²) in [7, 11) is 1.44. The third kappa shape index (κ3) is 5.06. The molecular formula is C17H28O5. The number of ketones is 1.